The van der Waals surface area contributed by atoms with Crippen molar-refractivity contribution in [2.24, 2.45) is 5.73 Å². The Morgan fingerprint density at radius 3 is 1.90 bits per heavy atom. The molecule has 7 N–H and O–H groups in total. The Morgan fingerprint density at radius 2 is 1.33 bits per heavy atom. The molecule has 1 atom stereocenters. The Balaban J connectivity index is 1.33. The minimum absolute atomic E-state index is 0.0989. The Kier molecular flexibility index (Phi) is 10.8. The standard InChI is InChI=1S/C27H33N5O7/c28-12-6-5-11-22(26(36)37)32-25(35)15-30-23(33)13-29-24(34)14-31-27(38)39-16-21-19-9-3-1-7-17(19)18-8-2-4-10-20(18)21/h1-4,7-10,21-22H,5-6,11-16,28H2,(H,29,34)(H,30,33)(H,31,38)(H,32,35)(H,36,37). The highest BCUT2D eigenvalue weighted by Gasteiger charge is 2.29. The van der Waals surface area contributed by atoms with E-state index in [1.165, 1.54) is 0 Å². The minimum atomic E-state index is -1.18. The van der Waals surface area contributed by atoms with Gasteiger partial charge in [-0.2, -0.15) is 0 Å². The number of rotatable bonds is 14. The summed E-state index contributed by atoms with van der Waals surface area (Å²) >= 11 is 0. The van der Waals surface area contributed by atoms with Crippen LogP contribution in [0.1, 0.15) is 36.3 Å². The molecule has 0 saturated carbocycles. The van der Waals surface area contributed by atoms with Crippen molar-refractivity contribution in [3.63, 3.8) is 0 Å². The van der Waals surface area contributed by atoms with Gasteiger partial charge in [0.2, 0.25) is 17.7 Å². The van der Waals surface area contributed by atoms with Crippen molar-refractivity contribution in [1.82, 2.24) is 21.3 Å². The van der Waals surface area contributed by atoms with Crippen LogP contribution in [0.5, 0.6) is 0 Å². The van der Waals surface area contributed by atoms with E-state index >= 15 is 0 Å². The molecule has 2 aromatic carbocycles. The second kappa shape index (κ2) is 14.5. The van der Waals surface area contributed by atoms with Gasteiger partial charge in [0.1, 0.15) is 19.2 Å². The molecule has 12 nitrogen and oxygen atoms in total. The molecule has 1 unspecified atom stereocenters. The predicted molar refractivity (Wildman–Crippen MR) is 142 cm³/mol. The lowest BCUT2D eigenvalue weighted by Gasteiger charge is -2.15. The molecule has 208 valence electrons. The third-order valence-electron chi connectivity index (χ3n) is 6.21. The number of carboxylic acid groups (broad SMARTS) is 1. The van der Waals surface area contributed by atoms with Gasteiger partial charge in [-0.3, -0.25) is 14.4 Å². The number of aliphatic carboxylic acids is 1. The van der Waals surface area contributed by atoms with E-state index < -0.39 is 55.5 Å². The number of amides is 4. The first-order valence-electron chi connectivity index (χ1n) is 12.6. The smallest absolute Gasteiger partial charge is 0.407 e. The Labute approximate surface area is 225 Å². The fraction of sp³-hybridized carbons (Fsp3) is 0.370. The van der Waals surface area contributed by atoms with Gasteiger partial charge in [0.25, 0.3) is 0 Å². The molecular formula is C27H33N5O7. The lowest BCUT2D eigenvalue weighted by Crippen LogP contribution is -2.47. The van der Waals surface area contributed by atoms with Crippen LogP contribution in [0, 0.1) is 0 Å². The van der Waals surface area contributed by atoms with Crippen molar-refractivity contribution >= 4 is 29.8 Å². The van der Waals surface area contributed by atoms with Crippen LogP contribution in [0.25, 0.3) is 11.1 Å². The summed E-state index contributed by atoms with van der Waals surface area (Å²) in [5.74, 6) is -3.26. The second-order valence-corrected chi connectivity index (χ2v) is 8.98. The molecule has 1 aliphatic rings. The number of carbonyl (C=O) groups is 5. The number of carbonyl (C=O) groups excluding carboxylic acids is 4. The highest BCUT2D eigenvalue weighted by Crippen LogP contribution is 2.44. The average molecular weight is 540 g/mol. The number of benzene rings is 2. The van der Waals surface area contributed by atoms with Gasteiger partial charge in [-0.05, 0) is 48.1 Å². The van der Waals surface area contributed by atoms with Crippen molar-refractivity contribution in [1.29, 1.82) is 0 Å². The predicted octanol–water partition coefficient (Wildman–Crippen LogP) is 0.456. The topological polar surface area (TPSA) is 189 Å². The van der Waals surface area contributed by atoms with Crippen LogP contribution in [0.3, 0.4) is 0 Å². The fourth-order valence-electron chi connectivity index (χ4n) is 4.28. The fourth-order valence-corrected chi connectivity index (χ4v) is 4.28. The summed E-state index contributed by atoms with van der Waals surface area (Å²) in [6, 6.07) is 14.8. The lowest BCUT2D eigenvalue weighted by atomic mass is 9.98. The van der Waals surface area contributed by atoms with Crippen molar-refractivity contribution in [2.75, 3.05) is 32.8 Å². The molecule has 0 radical (unpaired) electrons. The monoisotopic (exact) mass is 539 g/mol. The van der Waals surface area contributed by atoms with E-state index in [0.29, 0.717) is 19.4 Å². The molecule has 0 aliphatic heterocycles. The molecule has 2 aromatic rings. The SMILES string of the molecule is NCCCCC(NC(=O)CNC(=O)CNC(=O)CNC(=O)OCC1c2ccccc2-c2ccccc21)C(=O)O. The third kappa shape index (κ3) is 8.54. The van der Waals surface area contributed by atoms with Gasteiger partial charge in [-0.25, -0.2) is 9.59 Å². The van der Waals surface area contributed by atoms with E-state index in [1.807, 2.05) is 48.5 Å². The van der Waals surface area contributed by atoms with E-state index in [1.54, 1.807) is 0 Å². The Hall–Kier alpha value is -4.45. The van der Waals surface area contributed by atoms with Gasteiger partial charge in [-0.1, -0.05) is 48.5 Å². The van der Waals surface area contributed by atoms with E-state index in [0.717, 1.165) is 22.3 Å². The van der Waals surface area contributed by atoms with E-state index in [9.17, 15) is 29.1 Å². The molecule has 0 heterocycles. The van der Waals surface area contributed by atoms with Crippen LogP contribution in [0.2, 0.25) is 0 Å². The second-order valence-electron chi connectivity index (χ2n) is 8.98. The van der Waals surface area contributed by atoms with Crippen molar-refractivity contribution in [3.05, 3.63) is 59.7 Å². The number of nitrogens with two attached hydrogens (primary N) is 1. The zero-order valence-corrected chi connectivity index (χ0v) is 21.4. The van der Waals surface area contributed by atoms with E-state index in [-0.39, 0.29) is 18.9 Å². The molecule has 0 fully saturated rings. The molecular weight excluding hydrogens is 506 g/mol. The Bertz CT molecular complexity index is 1160. The van der Waals surface area contributed by atoms with Crippen LogP contribution in [-0.2, 0) is 23.9 Å². The van der Waals surface area contributed by atoms with Gasteiger partial charge in [0, 0.05) is 5.92 Å². The van der Waals surface area contributed by atoms with Gasteiger partial charge < -0.3 is 36.8 Å². The van der Waals surface area contributed by atoms with Crippen molar-refractivity contribution < 1.29 is 33.8 Å². The molecule has 3 rings (SSSR count). The Morgan fingerprint density at radius 1 is 0.795 bits per heavy atom. The van der Waals surface area contributed by atoms with E-state index in [4.69, 9.17) is 10.5 Å². The number of hydrogen-bond acceptors (Lipinski definition) is 7. The third-order valence-corrected chi connectivity index (χ3v) is 6.21. The summed E-state index contributed by atoms with van der Waals surface area (Å²) in [5, 5.41) is 18.5. The van der Waals surface area contributed by atoms with E-state index in [2.05, 4.69) is 21.3 Å². The number of nitrogens with one attached hydrogen (secondary N) is 4. The molecule has 0 bridgehead atoms. The van der Waals surface area contributed by atoms with Crippen LogP contribution in [-0.4, -0.2) is 73.7 Å². The number of fused-ring (bicyclic) bond motifs is 3. The highest BCUT2D eigenvalue weighted by molar-refractivity contribution is 5.90. The summed E-state index contributed by atoms with van der Waals surface area (Å²) < 4.78 is 5.36. The number of hydrogen-bond donors (Lipinski definition) is 6. The summed E-state index contributed by atoms with van der Waals surface area (Å²) in [6.45, 7) is -0.775. The summed E-state index contributed by atoms with van der Waals surface area (Å²) in [7, 11) is 0. The van der Waals surface area contributed by atoms with Gasteiger partial charge in [0.05, 0.1) is 13.1 Å². The largest absolute Gasteiger partial charge is 0.480 e. The maximum absolute atomic E-state index is 12.2. The number of unbranched alkanes of at least 4 members (excludes halogenated alkanes) is 1. The minimum Gasteiger partial charge on any atom is -0.480 e. The molecule has 1 aliphatic carbocycles. The lowest BCUT2D eigenvalue weighted by molar-refractivity contribution is -0.142. The summed E-state index contributed by atoms with van der Waals surface area (Å²) in [5.41, 5.74) is 9.71. The van der Waals surface area contributed by atoms with Crippen LogP contribution in [0.4, 0.5) is 4.79 Å². The van der Waals surface area contributed by atoms with Crippen molar-refractivity contribution in [3.8, 4) is 11.1 Å². The number of alkyl carbamates (subject to hydrolysis) is 1. The summed E-state index contributed by atoms with van der Waals surface area (Å²) in [4.78, 5) is 59.3. The van der Waals surface area contributed by atoms with Crippen LogP contribution >= 0.6 is 0 Å². The first kappa shape index (κ1) is 29.1. The van der Waals surface area contributed by atoms with Crippen LogP contribution in [0.15, 0.2) is 48.5 Å². The molecule has 39 heavy (non-hydrogen) atoms. The average Bonchev–Trinajstić information content (AvgIpc) is 3.25. The molecule has 0 aromatic heterocycles. The molecule has 0 spiro atoms. The number of ether oxygens (including phenoxy) is 1. The summed E-state index contributed by atoms with van der Waals surface area (Å²) in [6.07, 6.45) is 0.620. The first-order valence-corrected chi connectivity index (χ1v) is 12.6. The molecule has 4 amide bonds. The quantitative estimate of drug-likeness (QED) is 0.187. The molecule has 12 heteroatoms. The first-order chi connectivity index (χ1) is 18.8. The van der Waals surface area contributed by atoms with Crippen LogP contribution < -0.4 is 27.0 Å². The zero-order chi connectivity index (χ0) is 28.2. The maximum atomic E-state index is 12.2. The normalized spacial score (nSPS) is 12.4. The van der Waals surface area contributed by atoms with Gasteiger partial charge >= 0.3 is 12.1 Å². The number of carboxylic acids is 1. The zero-order valence-electron chi connectivity index (χ0n) is 21.4. The van der Waals surface area contributed by atoms with Gasteiger partial charge in [-0.15, -0.1) is 0 Å². The molecule has 0 saturated heterocycles. The van der Waals surface area contributed by atoms with Gasteiger partial charge in [0.15, 0.2) is 0 Å². The van der Waals surface area contributed by atoms with Crippen molar-refractivity contribution in [2.45, 2.75) is 31.2 Å². The maximum Gasteiger partial charge on any atom is 0.407 e. The highest BCUT2D eigenvalue weighted by atomic mass is 16.5.